The largest absolute Gasteiger partial charge is 0.497 e. The molecule has 0 atom stereocenters. The molecule has 12 heteroatoms. The summed E-state index contributed by atoms with van der Waals surface area (Å²) in [6.45, 7) is -0.892. The topological polar surface area (TPSA) is 104 Å². The van der Waals surface area contributed by atoms with E-state index in [-0.39, 0.29) is 29.6 Å². The van der Waals surface area contributed by atoms with Gasteiger partial charge in [-0.1, -0.05) is 0 Å². The van der Waals surface area contributed by atoms with Crippen molar-refractivity contribution < 1.29 is 31.1 Å². The van der Waals surface area contributed by atoms with Gasteiger partial charge < -0.3 is 10.1 Å². The van der Waals surface area contributed by atoms with Crippen LogP contribution in [0.3, 0.4) is 0 Å². The Kier molecular flexibility index (Phi) is 6.36. The van der Waals surface area contributed by atoms with Gasteiger partial charge in [0.15, 0.2) is 0 Å². The number of piperidine rings is 1. The van der Waals surface area contributed by atoms with Crippen LogP contribution in [0.25, 0.3) is 0 Å². The van der Waals surface area contributed by atoms with Gasteiger partial charge in [0.05, 0.1) is 12.0 Å². The van der Waals surface area contributed by atoms with Gasteiger partial charge in [-0.2, -0.15) is 22.6 Å². The summed E-state index contributed by atoms with van der Waals surface area (Å²) in [6, 6.07) is 7.54. The van der Waals surface area contributed by atoms with E-state index in [4.69, 9.17) is 4.74 Å². The van der Waals surface area contributed by atoms with Gasteiger partial charge in [0, 0.05) is 24.7 Å². The Morgan fingerprint density at radius 1 is 1.27 bits per heavy atom. The monoisotopic (exact) mass is 446 g/mol. The molecule has 1 fully saturated rings. The van der Waals surface area contributed by atoms with E-state index < -0.39 is 28.7 Å². The molecule has 1 aliphatic heterocycles. The van der Waals surface area contributed by atoms with E-state index in [1.165, 1.54) is 29.6 Å². The molecule has 1 aliphatic rings. The van der Waals surface area contributed by atoms with Crippen LogP contribution in [0.2, 0.25) is 0 Å². The second kappa shape index (κ2) is 8.64. The maximum Gasteiger partial charge on any atom is 0.405 e. The number of halogens is 3. The normalized spacial score (nSPS) is 16.4. The van der Waals surface area contributed by atoms with Gasteiger partial charge in [0.2, 0.25) is 10.0 Å². The zero-order valence-corrected chi connectivity index (χ0v) is 16.9. The van der Waals surface area contributed by atoms with Crippen molar-refractivity contribution in [2.75, 3.05) is 26.7 Å². The van der Waals surface area contributed by atoms with E-state index in [1.807, 2.05) is 0 Å². The van der Waals surface area contributed by atoms with Crippen molar-refractivity contribution in [3.63, 3.8) is 0 Å². The summed E-state index contributed by atoms with van der Waals surface area (Å²) >= 11 is 0. The number of nitrogens with one attached hydrogen (secondary N) is 2. The first-order chi connectivity index (χ1) is 14.1. The molecule has 164 valence electrons. The second-order valence-electron chi connectivity index (χ2n) is 6.86. The predicted octanol–water partition coefficient (Wildman–Crippen LogP) is 2.28. The number of methoxy groups -OCH3 is 1. The number of benzene rings is 1. The number of nitrogens with zero attached hydrogens (tertiary/aromatic N) is 2. The molecule has 2 N–H and O–H groups in total. The molecular formula is C18H21F3N4O4S. The number of aromatic nitrogens is 2. The molecule has 3 rings (SSSR count). The minimum absolute atomic E-state index is 0.0796. The van der Waals surface area contributed by atoms with Crippen molar-refractivity contribution in [3.8, 4) is 5.75 Å². The Bertz CT molecular complexity index is 982. The molecule has 0 bridgehead atoms. The van der Waals surface area contributed by atoms with E-state index in [1.54, 1.807) is 17.4 Å². The van der Waals surface area contributed by atoms with E-state index in [9.17, 15) is 26.4 Å². The number of alkyl halides is 3. The Morgan fingerprint density at radius 2 is 1.90 bits per heavy atom. The highest BCUT2D eigenvalue weighted by Crippen LogP contribution is 2.30. The smallest absolute Gasteiger partial charge is 0.405 e. The number of ether oxygens (including phenoxy) is 1. The maximum absolute atomic E-state index is 12.8. The first-order valence-corrected chi connectivity index (χ1v) is 10.6. The molecule has 0 unspecified atom stereocenters. The second-order valence-corrected chi connectivity index (χ2v) is 8.80. The van der Waals surface area contributed by atoms with Gasteiger partial charge in [-0.3, -0.25) is 9.89 Å². The average Bonchev–Trinajstić information content (AvgIpc) is 3.22. The van der Waals surface area contributed by atoms with E-state index >= 15 is 0 Å². The molecule has 0 spiro atoms. The van der Waals surface area contributed by atoms with Crippen molar-refractivity contribution in [1.29, 1.82) is 0 Å². The highest BCUT2D eigenvalue weighted by molar-refractivity contribution is 7.89. The lowest BCUT2D eigenvalue weighted by atomic mass is 9.94. The number of H-pyrrole nitrogens is 1. The van der Waals surface area contributed by atoms with Gasteiger partial charge in [0.1, 0.15) is 18.0 Å². The number of hydrogen-bond donors (Lipinski definition) is 2. The van der Waals surface area contributed by atoms with Gasteiger partial charge in [-0.05, 0) is 43.2 Å². The minimum Gasteiger partial charge on any atom is -0.497 e. The molecule has 0 saturated carbocycles. The highest BCUT2D eigenvalue weighted by Gasteiger charge is 2.32. The van der Waals surface area contributed by atoms with E-state index in [0.29, 0.717) is 24.3 Å². The molecule has 1 aromatic heterocycles. The van der Waals surface area contributed by atoms with E-state index in [0.717, 1.165) is 0 Å². The average molecular weight is 446 g/mol. The number of aromatic amines is 1. The Balaban J connectivity index is 1.60. The van der Waals surface area contributed by atoms with Crippen molar-refractivity contribution in [1.82, 2.24) is 19.8 Å². The molecule has 0 radical (unpaired) electrons. The van der Waals surface area contributed by atoms with Crippen LogP contribution in [-0.4, -0.2) is 61.7 Å². The van der Waals surface area contributed by atoms with Crippen LogP contribution in [0.15, 0.2) is 35.2 Å². The first-order valence-electron chi connectivity index (χ1n) is 9.14. The highest BCUT2D eigenvalue weighted by atomic mass is 32.2. The fraction of sp³-hybridized carbons (Fsp3) is 0.444. The maximum atomic E-state index is 12.8. The Morgan fingerprint density at radius 3 is 2.47 bits per heavy atom. The predicted molar refractivity (Wildman–Crippen MR) is 101 cm³/mol. The quantitative estimate of drug-likeness (QED) is 0.709. The molecule has 0 aliphatic carbocycles. The number of amides is 1. The Hall–Kier alpha value is -2.60. The summed E-state index contributed by atoms with van der Waals surface area (Å²) in [4.78, 5) is 12.0. The summed E-state index contributed by atoms with van der Waals surface area (Å²) in [5.41, 5.74) is 0.455. The number of rotatable bonds is 6. The van der Waals surface area contributed by atoms with Crippen LogP contribution in [0.1, 0.15) is 34.9 Å². The number of carbonyl (C=O) groups is 1. The third-order valence-corrected chi connectivity index (χ3v) is 6.78. The van der Waals surface area contributed by atoms with Crippen LogP contribution in [0.4, 0.5) is 13.2 Å². The zero-order chi connectivity index (χ0) is 21.9. The molecule has 8 nitrogen and oxygen atoms in total. The fourth-order valence-electron chi connectivity index (χ4n) is 3.24. The van der Waals surface area contributed by atoms with Gasteiger partial charge in [0.25, 0.3) is 5.91 Å². The summed E-state index contributed by atoms with van der Waals surface area (Å²) < 4.78 is 68.7. The molecule has 2 heterocycles. The summed E-state index contributed by atoms with van der Waals surface area (Å²) in [6.07, 6.45) is -3.53. The van der Waals surface area contributed by atoms with Gasteiger partial charge in [-0.25, -0.2) is 8.42 Å². The summed E-state index contributed by atoms with van der Waals surface area (Å²) in [5.74, 6) is -0.444. The van der Waals surface area contributed by atoms with Crippen molar-refractivity contribution in [2.45, 2.75) is 29.8 Å². The molecule has 30 heavy (non-hydrogen) atoms. The van der Waals surface area contributed by atoms with Gasteiger partial charge in [-0.15, -0.1) is 0 Å². The van der Waals surface area contributed by atoms with Crippen molar-refractivity contribution in [3.05, 3.63) is 41.7 Å². The minimum atomic E-state index is -4.50. The van der Waals surface area contributed by atoms with Crippen LogP contribution in [0, 0.1) is 0 Å². The molecule has 1 amide bonds. The SMILES string of the molecule is COc1ccc(S(=O)(=O)N2CCC(c3cc(C(=O)NCC(F)(F)F)n[nH]3)CC2)cc1. The molecule has 2 aromatic rings. The van der Waals surface area contributed by atoms with Crippen molar-refractivity contribution >= 4 is 15.9 Å². The third kappa shape index (κ3) is 5.11. The Labute approximate surface area is 171 Å². The number of carbonyl (C=O) groups excluding carboxylic acids is 1. The van der Waals surface area contributed by atoms with E-state index in [2.05, 4.69) is 10.2 Å². The molecular weight excluding hydrogens is 425 g/mol. The fourth-order valence-corrected chi connectivity index (χ4v) is 4.71. The van der Waals surface area contributed by atoms with Crippen LogP contribution < -0.4 is 10.1 Å². The van der Waals surface area contributed by atoms with Crippen LogP contribution >= 0.6 is 0 Å². The van der Waals surface area contributed by atoms with Crippen molar-refractivity contribution in [2.24, 2.45) is 0 Å². The lowest BCUT2D eigenvalue weighted by Gasteiger charge is -2.30. The standard InChI is InChI=1S/C18H21F3N4O4S/c1-29-13-2-4-14(5-3-13)30(27,28)25-8-6-12(7-9-25)15-10-16(24-23-15)17(26)22-11-18(19,20)21/h2-5,10,12H,6-9,11H2,1H3,(H,22,26)(H,23,24). The molecule has 1 aromatic carbocycles. The lowest BCUT2D eigenvalue weighted by molar-refractivity contribution is -0.123. The van der Waals surface area contributed by atoms with Gasteiger partial charge >= 0.3 is 6.18 Å². The summed E-state index contributed by atoms with van der Waals surface area (Å²) in [5, 5.41) is 8.22. The van der Waals surface area contributed by atoms with Crippen LogP contribution in [-0.2, 0) is 10.0 Å². The number of sulfonamides is 1. The summed E-state index contributed by atoms with van der Waals surface area (Å²) in [7, 11) is -2.15. The van der Waals surface area contributed by atoms with Crippen LogP contribution in [0.5, 0.6) is 5.75 Å². The third-order valence-electron chi connectivity index (χ3n) is 4.87. The lowest BCUT2D eigenvalue weighted by Crippen LogP contribution is -2.37. The molecule has 1 saturated heterocycles. The number of hydrogen-bond acceptors (Lipinski definition) is 5. The first kappa shape index (κ1) is 22.1. The zero-order valence-electron chi connectivity index (χ0n) is 16.1.